The summed E-state index contributed by atoms with van der Waals surface area (Å²) in [6.07, 6.45) is 0.818. The standard InChI is InChI=1S/C19H21NO3/c1-4-15-9-5-6-11-17(15)20-18(21)12-23-19(22)16-10-7-8-13(2)14(16)3/h5-11H,4,12H2,1-3H3,(H,20,21). The first-order valence-electron chi connectivity index (χ1n) is 7.64. The van der Waals surface area contributed by atoms with E-state index >= 15 is 0 Å². The van der Waals surface area contributed by atoms with E-state index in [1.165, 1.54) is 0 Å². The molecule has 1 N–H and O–H groups in total. The van der Waals surface area contributed by atoms with Crippen molar-refractivity contribution in [1.29, 1.82) is 0 Å². The van der Waals surface area contributed by atoms with Crippen molar-refractivity contribution < 1.29 is 14.3 Å². The highest BCUT2D eigenvalue weighted by Crippen LogP contribution is 2.16. The van der Waals surface area contributed by atoms with Gasteiger partial charge >= 0.3 is 5.97 Å². The van der Waals surface area contributed by atoms with E-state index in [0.717, 1.165) is 28.8 Å². The Morgan fingerprint density at radius 1 is 1.04 bits per heavy atom. The van der Waals surface area contributed by atoms with Crippen LogP contribution < -0.4 is 5.32 Å². The minimum Gasteiger partial charge on any atom is -0.452 e. The molecule has 0 bridgehead atoms. The van der Waals surface area contributed by atoms with E-state index in [-0.39, 0.29) is 12.5 Å². The molecular formula is C19H21NO3. The van der Waals surface area contributed by atoms with Crippen molar-refractivity contribution in [2.45, 2.75) is 27.2 Å². The smallest absolute Gasteiger partial charge is 0.338 e. The number of para-hydroxylation sites is 1. The minimum atomic E-state index is -0.481. The molecule has 0 aromatic heterocycles. The van der Waals surface area contributed by atoms with Gasteiger partial charge in [0.1, 0.15) is 0 Å². The van der Waals surface area contributed by atoms with Crippen molar-refractivity contribution in [3.05, 3.63) is 64.7 Å². The van der Waals surface area contributed by atoms with Crippen molar-refractivity contribution in [3.63, 3.8) is 0 Å². The number of carbonyl (C=O) groups is 2. The summed E-state index contributed by atoms with van der Waals surface area (Å²) in [5, 5.41) is 2.78. The molecule has 0 aliphatic heterocycles. The van der Waals surface area contributed by atoms with Gasteiger partial charge in [0.15, 0.2) is 6.61 Å². The van der Waals surface area contributed by atoms with Crippen LogP contribution in [0.25, 0.3) is 0 Å². The molecule has 0 fully saturated rings. The van der Waals surface area contributed by atoms with Crippen molar-refractivity contribution in [3.8, 4) is 0 Å². The first kappa shape index (κ1) is 16.7. The zero-order valence-electron chi connectivity index (χ0n) is 13.7. The van der Waals surface area contributed by atoms with E-state index in [4.69, 9.17) is 4.74 Å². The van der Waals surface area contributed by atoms with Gasteiger partial charge in [-0.25, -0.2) is 4.79 Å². The third-order valence-corrected chi connectivity index (χ3v) is 3.83. The van der Waals surface area contributed by atoms with Gasteiger partial charge in [-0.05, 0) is 49.1 Å². The Kier molecular flexibility index (Phi) is 5.52. The van der Waals surface area contributed by atoms with Gasteiger partial charge in [0.2, 0.25) is 0 Å². The van der Waals surface area contributed by atoms with Crippen molar-refractivity contribution >= 4 is 17.6 Å². The fourth-order valence-electron chi connectivity index (χ4n) is 2.32. The second kappa shape index (κ2) is 7.58. The van der Waals surface area contributed by atoms with Crippen LogP contribution >= 0.6 is 0 Å². The number of benzene rings is 2. The molecule has 0 atom stereocenters. The monoisotopic (exact) mass is 311 g/mol. The highest BCUT2D eigenvalue weighted by Gasteiger charge is 2.14. The molecule has 2 aromatic rings. The predicted molar refractivity (Wildman–Crippen MR) is 90.6 cm³/mol. The number of ether oxygens (including phenoxy) is 1. The summed E-state index contributed by atoms with van der Waals surface area (Å²) in [5.41, 5.74) is 4.17. The van der Waals surface area contributed by atoms with Crippen molar-refractivity contribution in [1.82, 2.24) is 0 Å². The number of rotatable bonds is 5. The number of hydrogen-bond donors (Lipinski definition) is 1. The normalized spacial score (nSPS) is 10.2. The molecule has 1 amide bonds. The van der Waals surface area contributed by atoms with Crippen molar-refractivity contribution in [2.24, 2.45) is 0 Å². The molecule has 0 heterocycles. The summed E-state index contributed by atoms with van der Waals surface area (Å²) < 4.78 is 5.12. The van der Waals surface area contributed by atoms with Gasteiger partial charge in [-0.3, -0.25) is 4.79 Å². The number of amides is 1. The second-order valence-corrected chi connectivity index (χ2v) is 5.38. The van der Waals surface area contributed by atoms with Gasteiger partial charge in [0, 0.05) is 5.69 Å². The highest BCUT2D eigenvalue weighted by molar-refractivity contribution is 5.96. The summed E-state index contributed by atoms with van der Waals surface area (Å²) in [7, 11) is 0. The maximum absolute atomic E-state index is 12.1. The zero-order valence-corrected chi connectivity index (χ0v) is 13.7. The van der Waals surface area contributed by atoms with E-state index in [1.807, 2.05) is 51.1 Å². The van der Waals surface area contributed by atoms with E-state index in [9.17, 15) is 9.59 Å². The lowest BCUT2D eigenvalue weighted by Crippen LogP contribution is -2.22. The van der Waals surface area contributed by atoms with Crippen LogP contribution in [0.1, 0.15) is 34.0 Å². The van der Waals surface area contributed by atoms with E-state index < -0.39 is 5.97 Å². The average Bonchev–Trinajstić information content (AvgIpc) is 2.55. The largest absolute Gasteiger partial charge is 0.452 e. The van der Waals surface area contributed by atoms with Crippen LogP contribution in [0.4, 0.5) is 5.69 Å². The SMILES string of the molecule is CCc1ccccc1NC(=O)COC(=O)c1cccc(C)c1C. The lowest BCUT2D eigenvalue weighted by molar-refractivity contribution is -0.119. The van der Waals surface area contributed by atoms with Crippen molar-refractivity contribution in [2.75, 3.05) is 11.9 Å². The summed E-state index contributed by atoms with van der Waals surface area (Å²) in [6, 6.07) is 13.0. The molecule has 0 unspecified atom stereocenters. The van der Waals surface area contributed by atoms with Crippen LogP contribution in [0.15, 0.2) is 42.5 Å². The number of hydrogen-bond acceptors (Lipinski definition) is 3. The molecule has 4 heteroatoms. The van der Waals surface area contributed by atoms with Gasteiger partial charge in [-0.1, -0.05) is 37.3 Å². The predicted octanol–water partition coefficient (Wildman–Crippen LogP) is 3.66. The molecule has 0 spiro atoms. The Balaban J connectivity index is 1.96. The van der Waals surface area contributed by atoms with Gasteiger partial charge in [0.05, 0.1) is 5.56 Å². The quantitative estimate of drug-likeness (QED) is 0.857. The number of aryl methyl sites for hydroxylation is 2. The third kappa shape index (κ3) is 4.19. The van der Waals surface area contributed by atoms with E-state index in [2.05, 4.69) is 5.32 Å². The molecular weight excluding hydrogens is 290 g/mol. The maximum Gasteiger partial charge on any atom is 0.338 e. The summed E-state index contributed by atoms with van der Waals surface area (Å²) >= 11 is 0. The summed E-state index contributed by atoms with van der Waals surface area (Å²) in [6.45, 7) is 5.51. The highest BCUT2D eigenvalue weighted by atomic mass is 16.5. The Hall–Kier alpha value is -2.62. The topological polar surface area (TPSA) is 55.4 Å². The van der Waals surface area contributed by atoms with E-state index in [1.54, 1.807) is 12.1 Å². The van der Waals surface area contributed by atoms with Gasteiger partial charge in [0.25, 0.3) is 5.91 Å². The summed E-state index contributed by atoms with van der Waals surface area (Å²) in [4.78, 5) is 24.1. The van der Waals surface area contributed by atoms with E-state index in [0.29, 0.717) is 5.56 Å². The molecule has 0 saturated carbocycles. The molecule has 0 aliphatic rings. The third-order valence-electron chi connectivity index (χ3n) is 3.83. The van der Waals surface area contributed by atoms with Crippen LogP contribution in [-0.4, -0.2) is 18.5 Å². The average molecular weight is 311 g/mol. The maximum atomic E-state index is 12.1. The lowest BCUT2D eigenvalue weighted by atomic mass is 10.0. The van der Waals surface area contributed by atoms with Crippen LogP contribution in [-0.2, 0) is 16.0 Å². The Morgan fingerprint density at radius 2 is 1.78 bits per heavy atom. The fourth-order valence-corrected chi connectivity index (χ4v) is 2.32. The summed E-state index contributed by atoms with van der Waals surface area (Å²) in [5.74, 6) is -0.824. The molecule has 23 heavy (non-hydrogen) atoms. The Labute approximate surface area is 136 Å². The lowest BCUT2D eigenvalue weighted by Gasteiger charge is -2.11. The van der Waals surface area contributed by atoms with Crippen LogP contribution in [0, 0.1) is 13.8 Å². The second-order valence-electron chi connectivity index (χ2n) is 5.38. The number of nitrogens with one attached hydrogen (secondary N) is 1. The molecule has 0 radical (unpaired) electrons. The fraction of sp³-hybridized carbons (Fsp3) is 0.263. The Bertz CT molecular complexity index is 722. The molecule has 0 saturated heterocycles. The number of carbonyl (C=O) groups excluding carboxylic acids is 2. The van der Waals surface area contributed by atoms with Gasteiger partial charge in [-0.15, -0.1) is 0 Å². The van der Waals surface area contributed by atoms with Crippen LogP contribution in [0.3, 0.4) is 0 Å². The molecule has 4 nitrogen and oxygen atoms in total. The minimum absolute atomic E-state index is 0.301. The number of esters is 1. The first-order chi connectivity index (χ1) is 11.0. The van der Waals surface area contributed by atoms with Gasteiger partial charge in [-0.2, -0.15) is 0 Å². The Morgan fingerprint density at radius 3 is 2.52 bits per heavy atom. The number of anilines is 1. The molecule has 2 rings (SSSR count). The van der Waals surface area contributed by atoms with Gasteiger partial charge < -0.3 is 10.1 Å². The zero-order chi connectivity index (χ0) is 16.8. The molecule has 0 aliphatic carbocycles. The van der Waals surface area contributed by atoms with Crippen LogP contribution in [0.2, 0.25) is 0 Å². The molecule has 120 valence electrons. The van der Waals surface area contributed by atoms with Crippen LogP contribution in [0.5, 0.6) is 0 Å². The molecule has 2 aromatic carbocycles. The first-order valence-corrected chi connectivity index (χ1v) is 7.64.